The Kier molecular flexibility index (Phi) is 7.03. The minimum atomic E-state index is -1.28. The van der Waals surface area contributed by atoms with Crippen LogP contribution in [0.5, 0.6) is 5.75 Å². The molecule has 9 heteroatoms. The first-order valence-corrected chi connectivity index (χ1v) is 10.5. The third kappa shape index (κ3) is 5.32. The number of carboxylic acids is 1. The van der Waals surface area contributed by atoms with E-state index in [2.05, 4.69) is 0 Å². The Labute approximate surface area is 194 Å². The molecule has 0 radical (unpaired) electrons. The molecule has 0 spiro atoms. The van der Waals surface area contributed by atoms with Crippen molar-refractivity contribution in [3.63, 3.8) is 0 Å². The van der Waals surface area contributed by atoms with Crippen molar-refractivity contribution < 1.29 is 37.8 Å². The standard InChI is InChI=1S/C25H21F2NO6/c26-20-12-19(22(13-21(20)27)32-15-23(29)30)24-18-9-5-4-8-17(18)10-11-28(24)34-25(31)33-14-16-6-2-1-3-7-16/h1-9,12-13,24H,10-11,14-15H2,(H,29,30). The van der Waals surface area contributed by atoms with Gasteiger partial charge in [-0.3, -0.25) is 0 Å². The van der Waals surface area contributed by atoms with E-state index >= 15 is 0 Å². The van der Waals surface area contributed by atoms with Crippen molar-refractivity contribution in [1.82, 2.24) is 5.06 Å². The number of benzene rings is 3. The number of carbonyl (C=O) groups is 2. The van der Waals surface area contributed by atoms with Crippen LogP contribution in [0.2, 0.25) is 0 Å². The molecule has 3 aromatic rings. The number of halogens is 2. The third-order valence-corrected chi connectivity index (χ3v) is 5.33. The van der Waals surface area contributed by atoms with Crippen LogP contribution >= 0.6 is 0 Å². The van der Waals surface area contributed by atoms with Crippen molar-refractivity contribution in [1.29, 1.82) is 0 Å². The second kappa shape index (κ2) is 10.3. The molecule has 34 heavy (non-hydrogen) atoms. The number of aliphatic carboxylic acids is 1. The molecule has 1 atom stereocenters. The fraction of sp³-hybridized carbons (Fsp3) is 0.200. The zero-order valence-electron chi connectivity index (χ0n) is 17.9. The number of fused-ring (bicyclic) bond motifs is 1. The Morgan fingerprint density at radius 2 is 1.68 bits per heavy atom. The summed E-state index contributed by atoms with van der Waals surface area (Å²) in [6.07, 6.45) is -0.447. The lowest BCUT2D eigenvalue weighted by Gasteiger charge is -2.36. The average molecular weight is 469 g/mol. The molecule has 0 bridgehead atoms. The first kappa shape index (κ1) is 23.2. The second-order valence-electron chi connectivity index (χ2n) is 7.59. The quantitative estimate of drug-likeness (QED) is 0.505. The van der Waals surface area contributed by atoms with E-state index in [1.807, 2.05) is 30.3 Å². The highest BCUT2D eigenvalue weighted by Crippen LogP contribution is 2.40. The van der Waals surface area contributed by atoms with Crippen LogP contribution in [0.4, 0.5) is 13.6 Å². The van der Waals surface area contributed by atoms with E-state index in [0.717, 1.165) is 23.3 Å². The van der Waals surface area contributed by atoms with Gasteiger partial charge >= 0.3 is 12.1 Å². The predicted octanol–water partition coefficient (Wildman–Crippen LogP) is 4.64. The summed E-state index contributed by atoms with van der Waals surface area (Å²) in [6.45, 7) is -0.529. The zero-order chi connectivity index (χ0) is 24.1. The number of nitrogens with zero attached hydrogens (tertiary/aromatic N) is 1. The highest BCUT2D eigenvalue weighted by atomic mass is 19.2. The average Bonchev–Trinajstić information content (AvgIpc) is 2.84. The monoisotopic (exact) mass is 469 g/mol. The van der Waals surface area contributed by atoms with Gasteiger partial charge in [0.15, 0.2) is 18.2 Å². The van der Waals surface area contributed by atoms with Gasteiger partial charge in [-0.05, 0) is 29.2 Å². The summed E-state index contributed by atoms with van der Waals surface area (Å²) >= 11 is 0. The summed E-state index contributed by atoms with van der Waals surface area (Å²) in [5.74, 6) is -3.79. The lowest BCUT2D eigenvalue weighted by atomic mass is 9.89. The molecule has 176 valence electrons. The van der Waals surface area contributed by atoms with E-state index in [9.17, 15) is 18.4 Å². The normalized spacial score (nSPS) is 15.3. The second-order valence-corrected chi connectivity index (χ2v) is 7.59. The molecule has 1 unspecified atom stereocenters. The predicted molar refractivity (Wildman–Crippen MR) is 116 cm³/mol. The van der Waals surface area contributed by atoms with Crippen LogP contribution in [-0.4, -0.2) is 35.4 Å². The molecule has 0 aliphatic carbocycles. The number of rotatable bonds is 7. The Hall–Kier alpha value is -3.98. The molecular formula is C25H21F2NO6. The molecule has 1 heterocycles. The minimum Gasteiger partial charge on any atom is -0.481 e. The highest BCUT2D eigenvalue weighted by molar-refractivity contribution is 5.68. The molecule has 0 amide bonds. The van der Waals surface area contributed by atoms with E-state index in [-0.39, 0.29) is 24.5 Å². The summed E-state index contributed by atoms with van der Waals surface area (Å²) in [5.41, 5.74) is 2.47. The van der Waals surface area contributed by atoms with E-state index in [1.165, 1.54) is 5.06 Å². The zero-order valence-corrected chi connectivity index (χ0v) is 17.9. The van der Waals surface area contributed by atoms with Crippen LogP contribution in [0.1, 0.15) is 28.3 Å². The Morgan fingerprint density at radius 3 is 2.44 bits per heavy atom. The first-order valence-electron chi connectivity index (χ1n) is 10.5. The van der Waals surface area contributed by atoms with Gasteiger partial charge in [0.25, 0.3) is 0 Å². The Morgan fingerprint density at radius 1 is 0.971 bits per heavy atom. The van der Waals surface area contributed by atoms with Gasteiger partial charge in [-0.25, -0.2) is 18.4 Å². The van der Waals surface area contributed by atoms with E-state index in [1.54, 1.807) is 24.3 Å². The number of carbonyl (C=O) groups excluding carboxylic acids is 1. The van der Waals surface area contributed by atoms with Crippen molar-refractivity contribution in [3.05, 3.63) is 101 Å². The summed E-state index contributed by atoms with van der Waals surface area (Å²) in [7, 11) is 0. The fourth-order valence-electron chi connectivity index (χ4n) is 3.83. The van der Waals surface area contributed by atoms with Crippen LogP contribution in [-0.2, 0) is 27.4 Å². The van der Waals surface area contributed by atoms with Crippen LogP contribution in [0.3, 0.4) is 0 Å². The molecule has 1 N–H and O–H groups in total. The molecule has 0 aromatic heterocycles. The van der Waals surface area contributed by atoms with Gasteiger partial charge in [0.1, 0.15) is 18.4 Å². The number of carboxylic acid groups (broad SMARTS) is 1. The van der Waals surface area contributed by atoms with Crippen molar-refractivity contribution in [2.45, 2.75) is 19.1 Å². The van der Waals surface area contributed by atoms with Gasteiger partial charge in [0, 0.05) is 18.2 Å². The maximum atomic E-state index is 14.3. The Bertz CT molecular complexity index is 1190. The van der Waals surface area contributed by atoms with Crippen LogP contribution in [0.25, 0.3) is 0 Å². The third-order valence-electron chi connectivity index (χ3n) is 5.33. The van der Waals surface area contributed by atoms with Gasteiger partial charge in [-0.2, -0.15) is 0 Å². The lowest BCUT2D eigenvalue weighted by Crippen LogP contribution is -2.38. The number of hydrogen-bond donors (Lipinski definition) is 1. The molecule has 1 aliphatic rings. The first-order chi connectivity index (χ1) is 16.4. The van der Waals surface area contributed by atoms with E-state index in [4.69, 9.17) is 19.4 Å². The smallest absolute Gasteiger partial charge is 0.481 e. The largest absolute Gasteiger partial charge is 0.528 e. The van der Waals surface area contributed by atoms with Crippen LogP contribution in [0, 0.1) is 11.6 Å². The van der Waals surface area contributed by atoms with Crippen molar-refractivity contribution in [2.24, 2.45) is 0 Å². The SMILES string of the molecule is O=C(O)COc1cc(F)c(F)cc1C1c2ccccc2CCN1OC(=O)OCc1ccccc1. The number of hydrogen-bond acceptors (Lipinski definition) is 6. The lowest BCUT2D eigenvalue weighted by molar-refractivity contribution is -0.152. The topological polar surface area (TPSA) is 85.3 Å². The fourth-order valence-corrected chi connectivity index (χ4v) is 3.83. The summed E-state index contributed by atoms with van der Waals surface area (Å²) in [6, 6.07) is 17.1. The molecule has 0 saturated heterocycles. The highest BCUT2D eigenvalue weighted by Gasteiger charge is 2.35. The van der Waals surface area contributed by atoms with Gasteiger partial charge in [-0.15, -0.1) is 5.06 Å². The number of hydroxylamine groups is 2. The van der Waals surface area contributed by atoms with Crippen molar-refractivity contribution in [2.75, 3.05) is 13.2 Å². The summed E-state index contributed by atoms with van der Waals surface area (Å²) in [5, 5.41) is 10.3. The van der Waals surface area contributed by atoms with Crippen LogP contribution < -0.4 is 4.74 Å². The molecule has 7 nitrogen and oxygen atoms in total. The maximum Gasteiger partial charge on any atom is 0.528 e. The summed E-state index contributed by atoms with van der Waals surface area (Å²) in [4.78, 5) is 29.0. The summed E-state index contributed by atoms with van der Waals surface area (Å²) < 4.78 is 38.7. The molecule has 0 fully saturated rings. The molecule has 4 rings (SSSR count). The van der Waals surface area contributed by atoms with Gasteiger partial charge < -0.3 is 19.4 Å². The van der Waals surface area contributed by atoms with Gasteiger partial charge in [0.05, 0.1) is 0 Å². The van der Waals surface area contributed by atoms with Gasteiger partial charge in [0.2, 0.25) is 0 Å². The molecule has 0 saturated carbocycles. The van der Waals surface area contributed by atoms with E-state index in [0.29, 0.717) is 12.0 Å². The van der Waals surface area contributed by atoms with Crippen LogP contribution in [0.15, 0.2) is 66.7 Å². The van der Waals surface area contributed by atoms with Crippen molar-refractivity contribution >= 4 is 12.1 Å². The van der Waals surface area contributed by atoms with E-state index < -0.39 is 36.4 Å². The molecule has 3 aromatic carbocycles. The number of ether oxygens (including phenoxy) is 2. The molecular weight excluding hydrogens is 448 g/mol. The Balaban J connectivity index is 1.65. The van der Waals surface area contributed by atoms with Gasteiger partial charge in [-0.1, -0.05) is 54.6 Å². The molecule has 1 aliphatic heterocycles. The minimum absolute atomic E-state index is 0.00703. The maximum absolute atomic E-state index is 14.3. The van der Waals surface area contributed by atoms with Crippen molar-refractivity contribution in [3.8, 4) is 5.75 Å².